The molecule has 1 aromatic carbocycles. The maximum atomic E-state index is 13.7. The molecule has 1 aromatic rings. The van der Waals surface area contributed by atoms with Crippen molar-refractivity contribution in [2.75, 3.05) is 45.3 Å². The molecule has 2 heterocycles. The molecule has 0 aromatic heterocycles. The van der Waals surface area contributed by atoms with E-state index in [9.17, 15) is 9.59 Å². The Morgan fingerprint density at radius 2 is 1.77 bits per heavy atom. The molecular weight excluding hydrogens is 390 g/mol. The second-order valence-electron chi connectivity index (χ2n) is 9.74. The predicted molar refractivity (Wildman–Crippen MR) is 122 cm³/mol. The van der Waals surface area contributed by atoms with Crippen LogP contribution in [0.1, 0.15) is 38.7 Å². The van der Waals surface area contributed by atoms with Crippen LogP contribution in [-0.4, -0.2) is 57.0 Å². The first-order valence-corrected chi connectivity index (χ1v) is 11.1. The summed E-state index contributed by atoms with van der Waals surface area (Å²) in [6.45, 7) is 8.39. The van der Waals surface area contributed by atoms with E-state index >= 15 is 0 Å². The van der Waals surface area contributed by atoms with Crippen molar-refractivity contribution < 1.29 is 14.3 Å². The van der Waals surface area contributed by atoms with Gasteiger partial charge in [-0.3, -0.25) is 9.59 Å². The number of Topliss-reactive ketones (excluding diaryl/α,β-unsaturated/α-hetero) is 1. The number of anilines is 1. The third-order valence-corrected chi connectivity index (χ3v) is 6.54. The van der Waals surface area contributed by atoms with Crippen LogP contribution in [0.5, 0.6) is 0 Å². The molecule has 0 spiro atoms. The van der Waals surface area contributed by atoms with Gasteiger partial charge in [0.15, 0.2) is 0 Å². The molecule has 4 rings (SSSR count). The number of allylic oxidation sites excluding steroid dienone is 3. The van der Waals surface area contributed by atoms with Gasteiger partial charge in [-0.2, -0.15) is 0 Å². The Balaban J connectivity index is 1.82. The molecule has 166 valence electrons. The van der Waals surface area contributed by atoms with Gasteiger partial charge in [-0.15, -0.1) is 0 Å². The van der Waals surface area contributed by atoms with Gasteiger partial charge in [0.05, 0.1) is 19.1 Å². The van der Waals surface area contributed by atoms with Gasteiger partial charge >= 0.3 is 0 Å². The summed E-state index contributed by atoms with van der Waals surface area (Å²) in [5.41, 5.74) is 4.37. The van der Waals surface area contributed by atoms with Crippen LogP contribution in [0.15, 0.2) is 47.3 Å². The third kappa shape index (κ3) is 4.13. The molecule has 0 radical (unpaired) electrons. The lowest BCUT2D eigenvalue weighted by Gasteiger charge is -2.43. The summed E-state index contributed by atoms with van der Waals surface area (Å²) in [5, 5.41) is 3.44. The van der Waals surface area contributed by atoms with Crippen LogP contribution in [0.2, 0.25) is 0 Å². The topological polar surface area (TPSA) is 61.9 Å². The molecule has 1 saturated heterocycles. The van der Waals surface area contributed by atoms with Crippen LogP contribution < -0.4 is 10.2 Å². The van der Waals surface area contributed by atoms with E-state index in [0.29, 0.717) is 38.3 Å². The minimum atomic E-state index is -0.359. The average Bonchev–Trinajstić information content (AvgIpc) is 2.72. The quantitative estimate of drug-likeness (QED) is 0.810. The average molecular weight is 424 g/mol. The lowest BCUT2D eigenvalue weighted by molar-refractivity contribution is -0.132. The Kier molecular flexibility index (Phi) is 5.69. The summed E-state index contributed by atoms with van der Waals surface area (Å²) in [7, 11) is 4.01. The Labute approximate surface area is 184 Å². The number of carbonyl (C=O) groups is 2. The van der Waals surface area contributed by atoms with Crippen molar-refractivity contribution in [3.63, 3.8) is 0 Å². The van der Waals surface area contributed by atoms with Crippen molar-refractivity contribution in [3.8, 4) is 0 Å². The molecule has 1 aliphatic carbocycles. The number of morpholine rings is 1. The molecule has 3 aliphatic rings. The fourth-order valence-electron chi connectivity index (χ4n) is 5.03. The second kappa shape index (κ2) is 8.15. The van der Waals surface area contributed by atoms with Crippen molar-refractivity contribution in [3.05, 3.63) is 52.9 Å². The van der Waals surface area contributed by atoms with E-state index in [-0.39, 0.29) is 28.9 Å². The Morgan fingerprint density at radius 3 is 2.39 bits per heavy atom. The van der Waals surface area contributed by atoms with Crippen molar-refractivity contribution in [1.29, 1.82) is 0 Å². The zero-order valence-corrected chi connectivity index (χ0v) is 19.2. The highest BCUT2D eigenvalue weighted by Crippen LogP contribution is 2.47. The fourth-order valence-corrected chi connectivity index (χ4v) is 5.03. The smallest absolute Gasteiger partial charge is 0.252 e. The molecule has 2 atom stereocenters. The number of hydrogen-bond donors (Lipinski definition) is 1. The van der Waals surface area contributed by atoms with Gasteiger partial charge in [0.1, 0.15) is 5.78 Å². The third-order valence-electron chi connectivity index (χ3n) is 6.54. The largest absolute Gasteiger partial charge is 0.378 e. The van der Waals surface area contributed by atoms with Crippen LogP contribution >= 0.6 is 0 Å². The summed E-state index contributed by atoms with van der Waals surface area (Å²) in [4.78, 5) is 31.0. The number of nitrogens with one attached hydrogen (secondary N) is 1. The first kappa shape index (κ1) is 21.6. The highest BCUT2D eigenvalue weighted by Gasteiger charge is 2.46. The van der Waals surface area contributed by atoms with Gasteiger partial charge in [-0.05, 0) is 30.0 Å². The van der Waals surface area contributed by atoms with Crippen LogP contribution in [0.3, 0.4) is 0 Å². The molecule has 1 N–H and O–H groups in total. The van der Waals surface area contributed by atoms with Gasteiger partial charge in [-0.25, -0.2) is 0 Å². The SMILES string of the molecule is CC1=C(C(=O)N2CCOCC2)C(c2ccc(N(C)C)cc2)C2C(=O)CC(C)(C)C=C2N1. The molecule has 6 heteroatoms. The molecule has 0 bridgehead atoms. The molecule has 1 amide bonds. The highest BCUT2D eigenvalue weighted by molar-refractivity contribution is 5.99. The fraction of sp³-hybridized carbons (Fsp3) is 0.520. The number of ketones is 1. The summed E-state index contributed by atoms with van der Waals surface area (Å²) in [6.07, 6.45) is 2.66. The van der Waals surface area contributed by atoms with Gasteiger partial charge < -0.3 is 19.9 Å². The van der Waals surface area contributed by atoms with E-state index in [1.165, 1.54) is 0 Å². The predicted octanol–water partition coefficient (Wildman–Crippen LogP) is 3.07. The Hall–Kier alpha value is -2.60. The van der Waals surface area contributed by atoms with E-state index < -0.39 is 0 Å². The number of rotatable bonds is 3. The Morgan fingerprint density at radius 1 is 1.13 bits per heavy atom. The zero-order chi connectivity index (χ0) is 22.3. The summed E-state index contributed by atoms with van der Waals surface area (Å²) < 4.78 is 5.44. The van der Waals surface area contributed by atoms with Crippen molar-refractivity contribution >= 4 is 17.4 Å². The summed E-state index contributed by atoms with van der Waals surface area (Å²) in [5.74, 6) is -0.451. The van der Waals surface area contributed by atoms with Gasteiger partial charge in [0.25, 0.3) is 5.91 Å². The van der Waals surface area contributed by atoms with Crippen LogP contribution in [-0.2, 0) is 14.3 Å². The van der Waals surface area contributed by atoms with E-state index in [1.54, 1.807) is 0 Å². The van der Waals surface area contributed by atoms with Crippen molar-refractivity contribution in [2.24, 2.45) is 11.3 Å². The summed E-state index contributed by atoms with van der Waals surface area (Å²) >= 11 is 0. The standard InChI is InChI=1S/C25H33N3O3/c1-16-21(24(30)28-10-12-31-13-11-28)22(17-6-8-18(9-7-17)27(4)5)23-19(26-16)14-25(2,3)15-20(23)29/h6-9,14,22-23,26H,10-13,15H2,1-5H3. The van der Waals surface area contributed by atoms with Crippen LogP contribution in [0, 0.1) is 11.3 Å². The molecule has 1 fully saturated rings. The van der Waals surface area contributed by atoms with E-state index in [1.807, 2.05) is 30.8 Å². The van der Waals surface area contributed by atoms with E-state index in [2.05, 4.69) is 49.5 Å². The van der Waals surface area contributed by atoms with Crippen molar-refractivity contribution in [2.45, 2.75) is 33.1 Å². The molecular formula is C25H33N3O3. The minimum absolute atomic E-state index is 0.00618. The molecule has 31 heavy (non-hydrogen) atoms. The number of hydrogen-bond acceptors (Lipinski definition) is 5. The lowest BCUT2D eigenvalue weighted by Crippen LogP contribution is -2.48. The van der Waals surface area contributed by atoms with Crippen molar-refractivity contribution in [1.82, 2.24) is 10.2 Å². The van der Waals surface area contributed by atoms with Crippen LogP contribution in [0.25, 0.3) is 0 Å². The molecule has 0 saturated carbocycles. The van der Waals surface area contributed by atoms with Gasteiger partial charge in [0.2, 0.25) is 0 Å². The van der Waals surface area contributed by atoms with E-state index in [4.69, 9.17) is 4.74 Å². The first-order valence-electron chi connectivity index (χ1n) is 11.1. The first-order chi connectivity index (χ1) is 14.7. The highest BCUT2D eigenvalue weighted by atomic mass is 16.5. The molecule has 2 unspecified atom stereocenters. The van der Waals surface area contributed by atoms with E-state index in [0.717, 1.165) is 22.6 Å². The minimum Gasteiger partial charge on any atom is -0.378 e. The maximum Gasteiger partial charge on any atom is 0.252 e. The number of nitrogens with zero attached hydrogens (tertiary/aromatic N) is 2. The van der Waals surface area contributed by atoms with Gasteiger partial charge in [-0.1, -0.05) is 32.1 Å². The Bertz CT molecular complexity index is 937. The lowest BCUT2D eigenvalue weighted by atomic mass is 9.66. The number of benzene rings is 1. The molecule has 6 nitrogen and oxygen atoms in total. The normalized spacial score (nSPS) is 25.5. The molecule has 2 aliphatic heterocycles. The van der Waals surface area contributed by atoms with Crippen LogP contribution in [0.4, 0.5) is 5.69 Å². The number of amides is 1. The second-order valence-corrected chi connectivity index (χ2v) is 9.74. The maximum absolute atomic E-state index is 13.7. The monoisotopic (exact) mass is 423 g/mol. The number of fused-ring (bicyclic) bond motifs is 1. The zero-order valence-electron chi connectivity index (χ0n) is 19.2. The van der Waals surface area contributed by atoms with Gasteiger partial charge in [0, 0.05) is 62.2 Å². The summed E-state index contributed by atoms with van der Waals surface area (Å²) in [6, 6.07) is 8.25. The number of ether oxygens (including phenoxy) is 1. The number of carbonyl (C=O) groups excluding carboxylic acids is 2.